The van der Waals surface area contributed by atoms with Crippen LogP contribution in [0.3, 0.4) is 0 Å². The van der Waals surface area contributed by atoms with Gasteiger partial charge in [0.05, 0.1) is 47.9 Å². The third-order valence-electron chi connectivity index (χ3n) is 10.2. The number of hydrogen-bond donors (Lipinski definition) is 0. The van der Waals surface area contributed by atoms with Crippen LogP contribution in [0, 0.1) is 0 Å². The van der Waals surface area contributed by atoms with E-state index in [-0.39, 0.29) is 0 Å². The minimum absolute atomic E-state index is 0.701. The van der Waals surface area contributed by atoms with Gasteiger partial charge in [-0.25, -0.2) is 0 Å². The highest BCUT2D eigenvalue weighted by atomic mass is 16.3. The molecule has 0 N–H and O–H groups in total. The summed E-state index contributed by atoms with van der Waals surface area (Å²) in [4.78, 5) is 9.73. The van der Waals surface area contributed by atoms with Crippen molar-refractivity contribution in [2.24, 2.45) is 20.5 Å². The Bertz CT molecular complexity index is 2720. The molecule has 0 unspecified atom stereocenters. The van der Waals surface area contributed by atoms with Crippen LogP contribution >= 0.6 is 0 Å². The van der Waals surface area contributed by atoms with Crippen molar-refractivity contribution in [1.29, 1.82) is 0 Å². The SMILES string of the molecule is c1ccc(-n2c3c(c4ccc(-c5cc6c(cn5)oc5cnc(-c7ccc8c9c(n(-c%10ccccc%10)c8c7)N=NCC9)cc56)cc42)CCN=N3)cc1. The summed E-state index contributed by atoms with van der Waals surface area (Å²) in [6.07, 6.45) is 5.38. The lowest BCUT2D eigenvalue weighted by Gasteiger charge is -2.10. The van der Waals surface area contributed by atoms with Crippen LogP contribution in [-0.2, 0) is 12.8 Å². The van der Waals surface area contributed by atoms with E-state index in [0.29, 0.717) is 13.1 Å². The van der Waals surface area contributed by atoms with Crippen molar-refractivity contribution in [3.05, 3.63) is 133 Å². The fourth-order valence-electron chi connectivity index (χ4n) is 7.84. The molecule has 11 rings (SSSR count). The highest BCUT2D eigenvalue weighted by molar-refractivity contribution is 6.07. The molecule has 9 aromatic rings. The van der Waals surface area contributed by atoms with Gasteiger partial charge in [-0.05, 0) is 61.4 Å². The van der Waals surface area contributed by atoms with Gasteiger partial charge in [0.1, 0.15) is 0 Å². The van der Waals surface area contributed by atoms with Crippen LogP contribution in [0.15, 0.2) is 146 Å². The molecule has 2 aliphatic heterocycles. The van der Waals surface area contributed by atoms with E-state index in [4.69, 9.17) is 14.4 Å². The standard InChI is InChI=1S/C42H28N8O/c1-3-7-27(8-4-1)49-37-19-25(11-13-29(37)31-15-17-45-47-41(31)49)35-21-33-34-22-36(44-24-40(34)51-39(33)23-43-35)26-12-14-30-32-16-18-46-48-42(32)50(38(30)20-26)28-9-5-2-6-10-28/h1-14,19-24H,15-18H2. The average molecular weight is 661 g/mol. The summed E-state index contributed by atoms with van der Waals surface area (Å²) in [5, 5.41) is 22.4. The minimum Gasteiger partial charge on any atom is -0.453 e. The Balaban J connectivity index is 1.05. The highest BCUT2D eigenvalue weighted by Crippen LogP contribution is 2.42. The van der Waals surface area contributed by atoms with Gasteiger partial charge in [-0.2, -0.15) is 10.2 Å². The van der Waals surface area contributed by atoms with Gasteiger partial charge in [0.15, 0.2) is 22.8 Å². The molecule has 51 heavy (non-hydrogen) atoms. The lowest BCUT2D eigenvalue weighted by Crippen LogP contribution is -1.97. The first kappa shape index (κ1) is 28.1. The molecule has 0 atom stereocenters. The fourth-order valence-corrected chi connectivity index (χ4v) is 7.84. The quantitative estimate of drug-likeness (QED) is 0.188. The van der Waals surface area contributed by atoms with Crippen molar-refractivity contribution in [3.8, 4) is 33.9 Å². The van der Waals surface area contributed by atoms with Gasteiger partial charge in [0.25, 0.3) is 0 Å². The maximum Gasteiger partial charge on any atom is 0.163 e. The zero-order valence-electron chi connectivity index (χ0n) is 27.4. The van der Waals surface area contributed by atoms with E-state index in [0.717, 1.165) is 91.3 Å². The van der Waals surface area contributed by atoms with Gasteiger partial charge in [0.2, 0.25) is 0 Å². The van der Waals surface area contributed by atoms with Gasteiger partial charge >= 0.3 is 0 Å². The number of furan rings is 1. The molecule has 5 aromatic heterocycles. The molecule has 0 radical (unpaired) electrons. The number of rotatable bonds is 4. The largest absolute Gasteiger partial charge is 0.453 e. The average Bonchev–Trinajstić information content (AvgIpc) is 3.85. The summed E-state index contributed by atoms with van der Waals surface area (Å²) in [6.45, 7) is 1.40. The van der Waals surface area contributed by atoms with Gasteiger partial charge in [-0.15, -0.1) is 10.2 Å². The number of hydrogen-bond acceptors (Lipinski definition) is 7. The molecular weight excluding hydrogens is 633 g/mol. The summed E-state index contributed by atoms with van der Waals surface area (Å²) < 4.78 is 10.7. The van der Waals surface area contributed by atoms with E-state index in [1.807, 2.05) is 24.5 Å². The number of benzene rings is 4. The molecule has 0 spiro atoms. The first-order valence-corrected chi connectivity index (χ1v) is 17.2. The van der Waals surface area contributed by atoms with E-state index in [9.17, 15) is 0 Å². The van der Waals surface area contributed by atoms with Crippen molar-refractivity contribution < 1.29 is 4.42 Å². The lowest BCUT2D eigenvalue weighted by atomic mass is 10.0. The smallest absolute Gasteiger partial charge is 0.163 e. The van der Waals surface area contributed by atoms with Crippen molar-refractivity contribution in [2.45, 2.75) is 12.8 Å². The molecule has 0 aliphatic carbocycles. The maximum absolute atomic E-state index is 6.26. The normalized spacial score (nSPS) is 13.8. The Hall–Kier alpha value is -6.74. The van der Waals surface area contributed by atoms with Crippen molar-refractivity contribution >= 4 is 55.4 Å². The Morgan fingerprint density at radius 3 is 1.43 bits per heavy atom. The molecule has 0 bridgehead atoms. The van der Waals surface area contributed by atoms with Crippen LogP contribution in [0.25, 0.3) is 77.6 Å². The molecule has 7 heterocycles. The van der Waals surface area contributed by atoms with Crippen LogP contribution in [0.5, 0.6) is 0 Å². The van der Waals surface area contributed by atoms with Crippen LogP contribution in [0.4, 0.5) is 11.6 Å². The first-order chi connectivity index (χ1) is 25.3. The molecule has 4 aromatic carbocycles. The Kier molecular flexibility index (Phi) is 6.00. The Morgan fingerprint density at radius 2 is 0.961 bits per heavy atom. The molecule has 2 aliphatic rings. The number of nitrogens with zero attached hydrogens (tertiary/aromatic N) is 8. The second kappa shape index (κ2) is 10.9. The van der Waals surface area contributed by atoms with Crippen molar-refractivity contribution in [2.75, 3.05) is 13.1 Å². The molecule has 242 valence electrons. The number of para-hydroxylation sites is 2. The Morgan fingerprint density at radius 1 is 0.490 bits per heavy atom. The fraction of sp³-hybridized carbons (Fsp3) is 0.0952. The molecular formula is C42H28N8O. The minimum atomic E-state index is 0.701. The van der Waals surface area contributed by atoms with Crippen LogP contribution in [0.1, 0.15) is 11.1 Å². The van der Waals surface area contributed by atoms with E-state index in [1.54, 1.807) is 0 Å². The van der Waals surface area contributed by atoms with Gasteiger partial charge in [-0.3, -0.25) is 19.1 Å². The topological polar surface area (TPSA) is 98.2 Å². The third-order valence-corrected chi connectivity index (χ3v) is 10.2. The molecule has 0 saturated carbocycles. The van der Waals surface area contributed by atoms with Crippen LogP contribution < -0.4 is 0 Å². The molecule has 0 saturated heterocycles. The van der Waals surface area contributed by atoms with Gasteiger partial charge < -0.3 is 4.42 Å². The zero-order valence-corrected chi connectivity index (χ0v) is 27.4. The van der Waals surface area contributed by atoms with E-state index < -0.39 is 0 Å². The summed E-state index contributed by atoms with van der Waals surface area (Å²) in [6, 6.07) is 38.1. The molecule has 9 nitrogen and oxygen atoms in total. The first-order valence-electron chi connectivity index (χ1n) is 17.2. The van der Waals surface area contributed by atoms with Crippen molar-refractivity contribution in [1.82, 2.24) is 19.1 Å². The summed E-state index contributed by atoms with van der Waals surface area (Å²) in [5.41, 5.74) is 12.0. The van der Waals surface area contributed by atoms with E-state index in [1.165, 1.54) is 21.9 Å². The molecule has 0 amide bonds. The number of aromatic nitrogens is 4. The highest BCUT2D eigenvalue weighted by Gasteiger charge is 2.23. The number of pyridine rings is 2. The predicted octanol–water partition coefficient (Wildman–Crippen LogP) is 10.9. The van der Waals surface area contributed by atoms with E-state index >= 15 is 0 Å². The Labute approximate surface area is 291 Å². The molecule has 0 fully saturated rings. The molecule has 9 heteroatoms. The van der Waals surface area contributed by atoms with Gasteiger partial charge in [0, 0.05) is 55.2 Å². The van der Waals surface area contributed by atoms with Gasteiger partial charge in [-0.1, -0.05) is 60.7 Å². The number of fused-ring (bicyclic) bond motifs is 9. The maximum atomic E-state index is 6.26. The third kappa shape index (κ3) is 4.27. The lowest BCUT2D eigenvalue weighted by molar-refractivity contribution is 0.665. The monoisotopic (exact) mass is 660 g/mol. The second-order valence-electron chi connectivity index (χ2n) is 13.1. The summed E-state index contributed by atoms with van der Waals surface area (Å²) in [5.74, 6) is 1.81. The summed E-state index contributed by atoms with van der Waals surface area (Å²) >= 11 is 0. The van der Waals surface area contributed by atoms with Crippen molar-refractivity contribution in [3.63, 3.8) is 0 Å². The summed E-state index contributed by atoms with van der Waals surface area (Å²) in [7, 11) is 0. The van der Waals surface area contributed by atoms with E-state index in [2.05, 4.69) is 127 Å². The van der Waals surface area contributed by atoms with Crippen LogP contribution in [-0.4, -0.2) is 32.2 Å². The van der Waals surface area contributed by atoms with Crippen LogP contribution in [0.2, 0.25) is 0 Å². The predicted molar refractivity (Wildman–Crippen MR) is 200 cm³/mol. The second-order valence-corrected chi connectivity index (χ2v) is 13.1. The zero-order chi connectivity index (χ0) is 33.5. The number of azo groups is 2.